The van der Waals surface area contributed by atoms with Gasteiger partial charge in [0.1, 0.15) is 0 Å². The molecule has 2 aromatic heterocycles. The molecule has 1 aliphatic carbocycles. The summed E-state index contributed by atoms with van der Waals surface area (Å²) in [6.45, 7) is 4.58. The molecule has 0 radical (unpaired) electrons. The van der Waals surface area contributed by atoms with E-state index in [4.69, 9.17) is 9.97 Å². The van der Waals surface area contributed by atoms with Crippen LogP contribution < -0.4 is 0 Å². The van der Waals surface area contributed by atoms with Gasteiger partial charge in [0.2, 0.25) is 0 Å². The van der Waals surface area contributed by atoms with E-state index in [0.29, 0.717) is 0 Å². The van der Waals surface area contributed by atoms with E-state index in [-0.39, 0.29) is 5.41 Å². The number of hydrogen-bond donors (Lipinski definition) is 0. The molecule has 1 aliphatic rings. The molecule has 158 valence electrons. The minimum atomic E-state index is 0.0305. The minimum absolute atomic E-state index is 0.0305. The molecule has 2 aromatic rings. The normalized spacial score (nSPS) is 14.0. The van der Waals surface area contributed by atoms with Crippen LogP contribution in [0.2, 0.25) is 0 Å². The van der Waals surface area contributed by atoms with Crippen molar-refractivity contribution in [3.63, 3.8) is 0 Å². The summed E-state index contributed by atoms with van der Waals surface area (Å²) in [5.74, 6) is 0. The number of hydrogen-bond acceptors (Lipinski definition) is 2. The summed E-state index contributed by atoms with van der Waals surface area (Å²) in [6, 6.07) is 8.68. The van der Waals surface area contributed by atoms with Gasteiger partial charge in [-0.05, 0) is 25.0 Å². The zero-order valence-electron chi connectivity index (χ0n) is 18.8. The van der Waals surface area contributed by atoms with E-state index in [2.05, 4.69) is 38.1 Å². The first-order valence-electron chi connectivity index (χ1n) is 12.2. The van der Waals surface area contributed by atoms with E-state index in [1.807, 2.05) is 12.4 Å². The van der Waals surface area contributed by atoms with Crippen LogP contribution in [-0.4, -0.2) is 9.97 Å². The van der Waals surface area contributed by atoms with Crippen molar-refractivity contribution in [3.8, 4) is 11.1 Å². The molecule has 3 rings (SSSR count). The second-order valence-corrected chi connectivity index (χ2v) is 8.92. The van der Waals surface area contributed by atoms with Crippen LogP contribution in [0.1, 0.15) is 115 Å². The molecule has 0 unspecified atom stereocenters. The highest BCUT2D eigenvalue weighted by Gasteiger charge is 2.44. The van der Waals surface area contributed by atoms with E-state index in [1.54, 1.807) is 0 Å². The summed E-state index contributed by atoms with van der Waals surface area (Å²) in [5.41, 5.74) is 5.29. The maximum absolute atomic E-state index is 4.94. The van der Waals surface area contributed by atoms with E-state index in [9.17, 15) is 0 Å². The largest absolute Gasteiger partial charge is 0.260 e. The van der Waals surface area contributed by atoms with Crippen molar-refractivity contribution >= 4 is 0 Å². The van der Waals surface area contributed by atoms with Gasteiger partial charge in [-0.15, -0.1) is 0 Å². The Morgan fingerprint density at radius 2 is 1.00 bits per heavy atom. The molecule has 2 nitrogen and oxygen atoms in total. The van der Waals surface area contributed by atoms with Crippen LogP contribution in [0.3, 0.4) is 0 Å². The van der Waals surface area contributed by atoms with Gasteiger partial charge in [-0.3, -0.25) is 9.97 Å². The molecule has 2 heteroatoms. The lowest BCUT2D eigenvalue weighted by Crippen LogP contribution is -2.27. The van der Waals surface area contributed by atoms with E-state index in [1.165, 1.54) is 112 Å². The van der Waals surface area contributed by atoms with Gasteiger partial charge < -0.3 is 0 Å². The second kappa shape index (κ2) is 11.5. The highest BCUT2D eigenvalue weighted by atomic mass is 14.8. The van der Waals surface area contributed by atoms with Gasteiger partial charge in [-0.2, -0.15) is 0 Å². The zero-order valence-corrected chi connectivity index (χ0v) is 18.8. The van der Waals surface area contributed by atoms with E-state index in [0.717, 1.165) is 0 Å². The third kappa shape index (κ3) is 5.27. The molecule has 0 atom stereocenters. The first-order valence-corrected chi connectivity index (χ1v) is 12.2. The smallest absolute Gasteiger partial charge is 0.0604 e. The average Bonchev–Trinajstić information content (AvgIpc) is 3.04. The van der Waals surface area contributed by atoms with Gasteiger partial charge in [0.05, 0.1) is 16.8 Å². The Morgan fingerprint density at radius 1 is 0.586 bits per heavy atom. The Morgan fingerprint density at radius 3 is 1.45 bits per heavy atom. The predicted molar refractivity (Wildman–Crippen MR) is 124 cm³/mol. The lowest BCUT2D eigenvalue weighted by molar-refractivity contribution is 0.382. The highest BCUT2D eigenvalue weighted by molar-refractivity contribution is 5.77. The molecule has 0 fully saturated rings. The van der Waals surface area contributed by atoms with Crippen LogP contribution in [0.4, 0.5) is 0 Å². The number of aromatic nitrogens is 2. The van der Waals surface area contributed by atoms with E-state index < -0.39 is 0 Å². The van der Waals surface area contributed by atoms with Gasteiger partial charge >= 0.3 is 0 Å². The van der Waals surface area contributed by atoms with Gasteiger partial charge in [0, 0.05) is 23.5 Å². The molecule has 0 amide bonds. The Balaban J connectivity index is 1.75. The summed E-state index contributed by atoms with van der Waals surface area (Å²) in [5, 5.41) is 0. The van der Waals surface area contributed by atoms with Crippen LogP contribution in [0.5, 0.6) is 0 Å². The SMILES string of the molecule is CCCCCCCCC1(CCCCCCCC)c2ncccc2-c2cccnc21. The molecular formula is C27H40N2. The van der Waals surface area contributed by atoms with Crippen LogP contribution in [-0.2, 0) is 5.41 Å². The Kier molecular flexibility index (Phi) is 8.70. The van der Waals surface area contributed by atoms with Gasteiger partial charge in [0.15, 0.2) is 0 Å². The number of pyridine rings is 2. The van der Waals surface area contributed by atoms with Crippen molar-refractivity contribution in [3.05, 3.63) is 48.0 Å². The van der Waals surface area contributed by atoms with Crippen molar-refractivity contribution in [1.82, 2.24) is 9.97 Å². The predicted octanol–water partition coefficient (Wildman–Crippen LogP) is 8.24. The molecule has 0 aliphatic heterocycles. The standard InChI is InChI=1S/C27H40N2/c1-3-5-7-9-11-13-19-27(20-14-12-10-8-6-4-2)25-23(17-15-21-28-25)24-18-16-22-29-26(24)27/h15-18,21-22H,3-14,19-20H2,1-2H3. The Bertz CT molecular complexity index is 673. The first-order chi connectivity index (χ1) is 14.3. The maximum atomic E-state index is 4.94. The lowest BCUT2D eigenvalue weighted by Gasteiger charge is -2.30. The molecule has 0 spiro atoms. The summed E-state index contributed by atoms with van der Waals surface area (Å²) in [6.07, 6.45) is 22.5. The van der Waals surface area contributed by atoms with Crippen molar-refractivity contribution in [2.45, 2.75) is 109 Å². The molecule has 0 bridgehead atoms. The highest BCUT2D eigenvalue weighted by Crippen LogP contribution is 2.52. The van der Waals surface area contributed by atoms with Crippen LogP contribution in [0, 0.1) is 0 Å². The molecule has 2 heterocycles. The number of fused-ring (bicyclic) bond motifs is 3. The minimum Gasteiger partial charge on any atom is -0.260 e. The summed E-state index contributed by atoms with van der Waals surface area (Å²) >= 11 is 0. The summed E-state index contributed by atoms with van der Waals surface area (Å²) < 4.78 is 0. The number of unbranched alkanes of at least 4 members (excludes halogenated alkanes) is 10. The fourth-order valence-corrected chi connectivity index (χ4v) is 5.13. The molecular weight excluding hydrogens is 352 g/mol. The first kappa shape index (κ1) is 22.0. The zero-order chi connectivity index (χ0) is 20.4. The monoisotopic (exact) mass is 392 g/mol. The van der Waals surface area contributed by atoms with E-state index >= 15 is 0 Å². The van der Waals surface area contributed by atoms with Gasteiger partial charge in [-0.1, -0.05) is 103 Å². The van der Waals surface area contributed by atoms with Crippen molar-refractivity contribution in [2.75, 3.05) is 0 Å². The topological polar surface area (TPSA) is 25.8 Å². The van der Waals surface area contributed by atoms with Gasteiger partial charge in [0.25, 0.3) is 0 Å². The summed E-state index contributed by atoms with van der Waals surface area (Å²) in [7, 11) is 0. The van der Waals surface area contributed by atoms with Crippen LogP contribution in [0.25, 0.3) is 11.1 Å². The third-order valence-electron chi connectivity index (χ3n) is 6.73. The molecule has 0 aromatic carbocycles. The fourth-order valence-electron chi connectivity index (χ4n) is 5.13. The lowest BCUT2D eigenvalue weighted by atomic mass is 9.74. The third-order valence-corrected chi connectivity index (χ3v) is 6.73. The summed E-state index contributed by atoms with van der Waals surface area (Å²) in [4.78, 5) is 9.89. The molecule has 0 saturated heterocycles. The Hall–Kier alpha value is -1.70. The van der Waals surface area contributed by atoms with Crippen molar-refractivity contribution < 1.29 is 0 Å². The van der Waals surface area contributed by atoms with Gasteiger partial charge in [-0.25, -0.2) is 0 Å². The fraction of sp³-hybridized carbons (Fsp3) is 0.630. The quantitative estimate of drug-likeness (QED) is 0.302. The van der Waals surface area contributed by atoms with Crippen molar-refractivity contribution in [2.24, 2.45) is 0 Å². The number of nitrogens with zero attached hydrogens (tertiary/aromatic N) is 2. The second-order valence-electron chi connectivity index (χ2n) is 8.92. The van der Waals surface area contributed by atoms with Crippen molar-refractivity contribution in [1.29, 1.82) is 0 Å². The molecule has 0 saturated carbocycles. The molecule has 0 N–H and O–H groups in total. The number of rotatable bonds is 14. The average molecular weight is 393 g/mol. The maximum Gasteiger partial charge on any atom is 0.0604 e. The molecule has 29 heavy (non-hydrogen) atoms. The van der Waals surface area contributed by atoms with Crippen LogP contribution >= 0.6 is 0 Å². The Labute approximate surface area is 178 Å². The van der Waals surface area contributed by atoms with Crippen LogP contribution in [0.15, 0.2) is 36.7 Å².